The van der Waals surface area contributed by atoms with Crippen molar-refractivity contribution in [1.82, 2.24) is 8.75 Å². The number of hydrogen-bond acceptors (Lipinski definition) is 5. The summed E-state index contributed by atoms with van der Waals surface area (Å²) in [5.41, 5.74) is 2.70. The molecule has 0 amide bonds. The monoisotopic (exact) mass is 264 g/mol. The van der Waals surface area contributed by atoms with Crippen molar-refractivity contribution in [2.45, 2.75) is 32.6 Å². The van der Waals surface area contributed by atoms with Gasteiger partial charge in [0, 0.05) is 0 Å². The molecule has 1 aromatic carbocycles. The van der Waals surface area contributed by atoms with Gasteiger partial charge in [-0.25, -0.2) is 0 Å². The molecular formula is C13H16N2O2S. The molecule has 4 nitrogen and oxygen atoms in total. The number of ether oxygens (including phenoxy) is 1. The van der Waals surface area contributed by atoms with Gasteiger partial charge >= 0.3 is 5.97 Å². The maximum atomic E-state index is 12.0. The quantitative estimate of drug-likeness (QED) is 0.778. The Bertz CT molecular complexity index is 539. The van der Waals surface area contributed by atoms with Crippen molar-refractivity contribution in [1.29, 1.82) is 0 Å². The predicted octanol–water partition coefficient (Wildman–Crippen LogP) is 3.14. The Morgan fingerprint density at radius 1 is 1.33 bits per heavy atom. The van der Waals surface area contributed by atoms with E-state index in [2.05, 4.69) is 15.7 Å². The van der Waals surface area contributed by atoms with E-state index in [1.165, 1.54) is 11.7 Å². The zero-order chi connectivity index (χ0) is 13.0. The van der Waals surface area contributed by atoms with Gasteiger partial charge in [-0.05, 0) is 31.0 Å². The zero-order valence-corrected chi connectivity index (χ0v) is 11.4. The van der Waals surface area contributed by atoms with Gasteiger partial charge in [0.05, 0.1) is 24.3 Å². The highest BCUT2D eigenvalue weighted by atomic mass is 32.1. The molecule has 0 N–H and O–H groups in total. The number of benzene rings is 1. The Labute approximate surface area is 110 Å². The number of carbonyl (C=O) groups is 1. The summed E-state index contributed by atoms with van der Waals surface area (Å²) < 4.78 is 13.5. The average molecular weight is 264 g/mol. The van der Waals surface area contributed by atoms with Crippen LogP contribution in [0.1, 0.15) is 38.2 Å². The molecule has 0 aliphatic carbocycles. The van der Waals surface area contributed by atoms with Crippen molar-refractivity contribution in [2.24, 2.45) is 0 Å². The van der Waals surface area contributed by atoms with E-state index in [-0.39, 0.29) is 11.9 Å². The molecule has 0 spiro atoms. The number of aromatic nitrogens is 2. The van der Waals surface area contributed by atoms with Gasteiger partial charge < -0.3 is 4.74 Å². The van der Waals surface area contributed by atoms with Crippen LogP contribution in [0.15, 0.2) is 18.2 Å². The molecule has 96 valence electrons. The highest BCUT2D eigenvalue weighted by Crippen LogP contribution is 2.25. The van der Waals surface area contributed by atoms with Crippen LogP contribution in [0.4, 0.5) is 0 Å². The first kappa shape index (κ1) is 13.0. The third kappa shape index (κ3) is 2.67. The molecule has 5 heteroatoms. The van der Waals surface area contributed by atoms with E-state index in [0.717, 1.165) is 29.4 Å². The largest absolute Gasteiger partial charge is 0.466 e. The second-order valence-electron chi connectivity index (χ2n) is 4.11. The van der Waals surface area contributed by atoms with Crippen LogP contribution in [0.2, 0.25) is 0 Å². The van der Waals surface area contributed by atoms with Crippen LogP contribution in [0.3, 0.4) is 0 Å². The molecule has 0 saturated heterocycles. The van der Waals surface area contributed by atoms with Crippen LogP contribution in [-0.4, -0.2) is 21.3 Å². The van der Waals surface area contributed by atoms with Crippen LogP contribution in [0.25, 0.3) is 11.0 Å². The molecule has 2 rings (SSSR count). The molecule has 1 atom stereocenters. The first-order valence-corrected chi connectivity index (χ1v) is 6.88. The molecule has 0 radical (unpaired) electrons. The topological polar surface area (TPSA) is 52.1 Å². The van der Waals surface area contributed by atoms with Crippen LogP contribution in [0.5, 0.6) is 0 Å². The van der Waals surface area contributed by atoms with Crippen molar-refractivity contribution in [3.63, 3.8) is 0 Å². The summed E-state index contributed by atoms with van der Waals surface area (Å²) in [6.07, 6.45) is 1.73. The fraction of sp³-hybridized carbons (Fsp3) is 0.462. The molecule has 0 bridgehead atoms. The lowest BCUT2D eigenvalue weighted by Crippen LogP contribution is -2.15. The van der Waals surface area contributed by atoms with Crippen LogP contribution < -0.4 is 0 Å². The first-order valence-electron chi connectivity index (χ1n) is 6.15. The van der Waals surface area contributed by atoms with Gasteiger partial charge in [0.2, 0.25) is 0 Å². The summed E-state index contributed by atoms with van der Waals surface area (Å²) in [4.78, 5) is 12.0. The molecule has 0 aliphatic heterocycles. The lowest BCUT2D eigenvalue weighted by Gasteiger charge is -2.14. The Balaban J connectivity index is 2.31. The fourth-order valence-corrected chi connectivity index (χ4v) is 2.49. The fourth-order valence-electron chi connectivity index (χ4n) is 1.97. The summed E-state index contributed by atoms with van der Waals surface area (Å²) in [5, 5.41) is 0. The van der Waals surface area contributed by atoms with E-state index in [1.807, 2.05) is 25.1 Å². The second-order valence-corrected chi connectivity index (χ2v) is 4.63. The van der Waals surface area contributed by atoms with Gasteiger partial charge in [-0.15, -0.1) is 0 Å². The van der Waals surface area contributed by atoms with Gasteiger partial charge in [-0.3, -0.25) is 4.79 Å². The number of rotatable bonds is 5. The molecule has 18 heavy (non-hydrogen) atoms. The molecule has 0 fully saturated rings. The number of hydrogen-bond donors (Lipinski definition) is 0. The van der Waals surface area contributed by atoms with Crippen LogP contribution in [0, 0.1) is 0 Å². The first-order chi connectivity index (χ1) is 8.76. The van der Waals surface area contributed by atoms with E-state index in [1.54, 1.807) is 0 Å². The highest BCUT2D eigenvalue weighted by molar-refractivity contribution is 7.00. The summed E-state index contributed by atoms with van der Waals surface area (Å²) in [5.74, 6) is -0.345. The molecule has 0 aliphatic rings. The normalized spacial score (nSPS) is 12.6. The molecule has 2 aromatic rings. The van der Waals surface area contributed by atoms with Crippen LogP contribution in [-0.2, 0) is 9.53 Å². The number of carbonyl (C=O) groups excluding carboxylic acids is 1. The van der Waals surface area contributed by atoms with E-state index >= 15 is 0 Å². The molecule has 1 heterocycles. The third-order valence-corrected chi connectivity index (χ3v) is 3.39. The summed E-state index contributed by atoms with van der Waals surface area (Å²) in [7, 11) is 0. The molecule has 1 aromatic heterocycles. The molecular weight excluding hydrogens is 248 g/mol. The van der Waals surface area contributed by atoms with Crippen molar-refractivity contribution in [3.05, 3.63) is 23.8 Å². The maximum Gasteiger partial charge on any atom is 0.313 e. The van der Waals surface area contributed by atoms with Gasteiger partial charge in [0.25, 0.3) is 0 Å². The Hall–Kier alpha value is -1.49. The number of fused-ring (bicyclic) bond motifs is 1. The predicted molar refractivity (Wildman–Crippen MR) is 71.7 cm³/mol. The van der Waals surface area contributed by atoms with E-state index in [0.29, 0.717) is 6.61 Å². The lowest BCUT2D eigenvalue weighted by atomic mass is 9.94. The van der Waals surface area contributed by atoms with Crippen molar-refractivity contribution >= 4 is 28.7 Å². The van der Waals surface area contributed by atoms with Crippen molar-refractivity contribution < 1.29 is 9.53 Å². The number of esters is 1. The van der Waals surface area contributed by atoms with E-state index in [4.69, 9.17) is 4.74 Å². The lowest BCUT2D eigenvalue weighted by molar-refractivity contribution is -0.145. The van der Waals surface area contributed by atoms with Gasteiger partial charge in [-0.2, -0.15) is 8.75 Å². The van der Waals surface area contributed by atoms with Crippen molar-refractivity contribution in [3.8, 4) is 0 Å². The van der Waals surface area contributed by atoms with Crippen molar-refractivity contribution in [2.75, 3.05) is 6.61 Å². The third-order valence-electron chi connectivity index (χ3n) is 2.83. The zero-order valence-electron chi connectivity index (χ0n) is 10.5. The Kier molecular flexibility index (Phi) is 4.25. The van der Waals surface area contributed by atoms with Gasteiger partial charge in [0.15, 0.2) is 0 Å². The highest BCUT2D eigenvalue weighted by Gasteiger charge is 2.21. The van der Waals surface area contributed by atoms with E-state index < -0.39 is 0 Å². The van der Waals surface area contributed by atoms with Gasteiger partial charge in [-0.1, -0.05) is 19.4 Å². The Morgan fingerprint density at radius 3 is 2.83 bits per heavy atom. The average Bonchev–Trinajstić information content (AvgIpc) is 2.83. The van der Waals surface area contributed by atoms with Gasteiger partial charge in [0.1, 0.15) is 11.0 Å². The minimum absolute atomic E-state index is 0.151. The molecule has 1 unspecified atom stereocenters. The maximum absolute atomic E-state index is 12.0. The summed E-state index contributed by atoms with van der Waals surface area (Å²) in [6, 6.07) is 5.80. The molecule has 0 saturated carbocycles. The summed E-state index contributed by atoms with van der Waals surface area (Å²) in [6.45, 7) is 4.31. The van der Waals surface area contributed by atoms with E-state index in [9.17, 15) is 4.79 Å². The minimum atomic E-state index is -0.193. The van der Waals surface area contributed by atoms with Crippen LogP contribution >= 0.6 is 11.7 Å². The SMILES string of the molecule is CCCC(C(=O)OCC)c1ccc2nsnc2c1. The second kappa shape index (κ2) is 5.91. The Morgan fingerprint density at radius 2 is 2.11 bits per heavy atom. The summed E-state index contributed by atoms with van der Waals surface area (Å²) >= 11 is 1.19. The standard InChI is InChI=1S/C13H16N2O2S/c1-3-5-10(13(16)17-4-2)9-6-7-11-12(8-9)15-18-14-11/h6-8,10H,3-5H2,1-2H3. The minimum Gasteiger partial charge on any atom is -0.466 e. The smallest absolute Gasteiger partial charge is 0.313 e. The number of nitrogens with zero attached hydrogens (tertiary/aromatic N) is 2.